The van der Waals surface area contributed by atoms with E-state index in [0.29, 0.717) is 12.2 Å². The van der Waals surface area contributed by atoms with Crippen molar-refractivity contribution in [1.29, 1.82) is 0 Å². The SMILES string of the molecule is O=C(O)/C(=C\c1cccc(OCCCc2ccccc2)c1)c1cccs1. The Morgan fingerprint density at radius 1 is 1.04 bits per heavy atom. The van der Waals surface area contributed by atoms with Gasteiger partial charge in [0, 0.05) is 4.88 Å². The van der Waals surface area contributed by atoms with Crippen LogP contribution in [0.4, 0.5) is 0 Å². The number of aliphatic carboxylic acids is 1. The zero-order valence-corrected chi connectivity index (χ0v) is 15.1. The lowest BCUT2D eigenvalue weighted by molar-refractivity contribution is -0.130. The molecule has 3 aromatic rings. The van der Waals surface area contributed by atoms with Crippen LogP contribution in [0.5, 0.6) is 5.75 Å². The topological polar surface area (TPSA) is 46.5 Å². The predicted octanol–water partition coefficient (Wildman–Crippen LogP) is 5.38. The number of hydrogen-bond donors (Lipinski definition) is 1. The molecule has 4 heteroatoms. The third kappa shape index (κ3) is 5.07. The summed E-state index contributed by atoms with van der Waals surface area (Å²) in [5, 5.41) is 11.3. The van der Waals surface area contributed by atoms with Gasteiger partial charge in [0.2, 0.25) is 0 Å². The molecule has 0 radical (unpaired) electrons. The molecule has 1 N–H and O–H groups in total. The second-order valence-corrected chi connectivity index (χ2v) is 6.80. The van der Waals surface area contributed by atoms with Crippen molar-refractivity contribution in [1.82, 2.24) is 0 Å². The molecule has 0 amide bonds. The number of benzene rings is 2. The largest absolute Gasteiger partial charge is 0.494 e. The number of carbonyl (C=O) groups is 1. The van der Waals surface area contributed by atoms with Crippen molar-refractivity contribution in [2.45, 2.75) is 12.8 Å². The van der Waals surface area contributed by atoms with Crippen molar-refractivity contribution in [2.24, 2.45) is 0 Å². The second kappa shape index (κ2) is 9.02. The van der Waals surface area contributed by atoms with Crippen molar-refractivity contribution in [3.8, 4) is 5.75 Å². The van der Waals surface area contributed by atoms with Gasteiger partial charge in [-0.15, -0.1) is 11.3 Å². The van der Waals surface area contributed by atoms with Gasteiger partial charge in [0.25, 0.3) is 0 Å². The van der Waals surface area contributed by atoms with E-state index in [2.05, 4.69) is 12.1 Å². The van der Waals surface area contributed by atoms with Crippen LogP contribution < -0.4 is 4.74 Å². The first-order valence-electron chi connectivity index (χ1n) is 8.48. The Morgan fingerprint density at radius 3 is 2.62 bits per heavy atom. The van der Waals surface area contributed by atoms with Gasteiger partial charge in [-0.05, 0) is 53.6 Å². The smallest absolute Gasteiger partial charge is 0.337 e. The van der Waals surface area contributed by atoms with E-state index in [0.717, 1.165) is 29.0 Å². The van der Waals surface area contributed by atoms with Crippen LogP contribution in [0.1, 0.15) is 22.4 Å². The number of carboxylic acids is 1. The number of ether oxygens (including phenoxy) is 1. The van der Waals surface area contributed by atoms with E-state index in [9.17, 15) is 9.90 Å². The van der Waals surface area contributed by atoms with Gasteiger partial charge in [-0.2, -0.15) is 0 Å². The maximum Gasteiger partial charge on any atom is 0.337 e. The molecule has 1 aromatic heterocycles. The molecule has 0 aliphatic heterocycles. The van der Waals surface area contributed by atoms with Crippen molar-refractivity contribution in [3.63, 3.8) is 0 Å². The Bertz CT molecular complexity index is 867. The first kappa shape index (κ1) is 18.0. The van der Waals surface area contributed by atoms with Crippen LogP contribution in [-0.4, -0.2) is 17.7 Å². The van der Waals surface area contributed by atoms with Gasteiger partial charge in [-0.3, -0.25) is 0 Å². The first-order chi connectivity index (χ1) is 12.7. The molecule has 0 bridgehead atoms. The van der Waals surface area contributed by atoms with Crippen LogP contribution in [0, 0.1) is 0 Å². The fourth-order valence-corrected chi connectivity index (χ4v) is 3.38. The number of rotatable bonds is 8. The van der Waals surface area contributed by atoms with Crippen molar-refractivity contribution in [3.05, 3.63) is 88.1 Å². The lowest BCUT2D eigenvalue weighted by Gasteiger charge is -2.07. The van der Waals surface area contributed by atoms with Crippen molar-refractivity contribution in [2.75, 3.05) is 6.61 Å². The van der Waals surface area contributed by atoms with Crippen LogP contribution in [0.15, 0.2) is 72.1 Å². The van der Waals surface area contributed by atoms with Crippen molar-refractivity contribution < 1.29 is 14.6 Å². The minimum Gasteiger partial charge on any atom is -0.494 e. The van der Waals surface area contributed by atoms with Gasteiger partial charge in [0.05, 0.1) is 12.2 Å². The minimum atomic E-state index is -0.929. The maximum atomic E-state index is 11.5. The van der Waals surface area contributed by atoms with Gasteiger partial charge in [-0.1, -0.05) is 48.5 Å². The first-order valence-corrected chi connectivity index (χ1v) is 9.36. The Hall–Kier alpha value is -2.85. The summed E-state index contributed by atoms with van der Waals surface area (Å²) in [7, 11) is 0. The highest BCUT2D eigenvalue weighted by Crippen LogP contribution is 2.24. The van der Waals surface area contributed by atoms with E-state index in [-0.39, 0.29) is 0 Å². The molecule has 26 heavy (non-hydrogen) atoms. The van der Waals surface area contributed by atoms with Crippen LogP contribution in [-0.2, 0) is 11.2 Å². The van der Waals surface area contributed by atoms with Gasteiger partial charge in [-0.25, -0.2) is 4.79 Å². The highest BCUT2D eigenvalue weighted by atomic mass is 32.1. The summed E-state index contributed by atoms with van der Waals surface area (Å²) in [4.78, 5) is 12.3. The summed E-state index contributed by atoms with van der Waals surface area (Å²) >= 11 is 1.42. The molecule has 0 spiro atoms. The quantitative estimate of drug-likeness (QED) is 0.431. The second-order valence-electron chi connectivity index (χ2n) is 5.85. The molecule has 2 aromatic carbocycles. The van der Waals surface area contributed by atoms with Crippen LogP contribution >= 0.6 is 11.3 Å². The van der Waals surface area contributed by atoms with E-state index >= 15 is 0 Å². The molecule has 0 unspecified atom stereocenters. The molecule has 3 nitrogen and oxygen atoms in total. The Morgan fingerprint density at radius 2 is 1.88 bits per heavy atom. The van der Waals surface area contributed by atoms with E-state index in [1.54, 1.807) is 6.08 Å². The molecule has 0 aliphatic carbocycles. The highest BCUT2D eigenvalue weighted by molar-refractivity contribution is 7.11. The summed E-state index contributed by atoms with van der Waals surface area (Å²) in [5.74, 6) is -0.177. The molecule has 132 valence electrons. The summed E-state index contributed by atoms with van der Waals surface area (Å²) in [6, 6.07) is 21.5. The summed E-state index contributed by atoms with van der Waals surface area (Å²) < 4.78 is 5.83. The van der Waals surface area contributed by atoms with Crippen LogP contribution in [0.2, 0.25) is 0 Å². The normalized spacial score (nSPS) is 11.3. The summed E-state index contributed by atoms with van der Waals surface area (Å²) in [6.45, 7) is 0.624. The average Bonchev–Trinajstić information content (AvgIpc) is 3.19. The maximum absolute atomic E-state index is 11.5. The third-order valence-electron chi connectivity index (χ3n) is 3.91. The van der Waals surface area contributed by atoms with Gasteiger partial charge < -0.3 is 9.84 Å². The lowest BCUT2D eigenvalue weighted by atomic mass is 10.1. The zero-order chi connectivity index (χ0) is 18.2. The molecule has 0 saturated carbocycles. The molecular weight excluding hydrogens is 344 g/mol. The van der Waals surface area contributed by atoms with E-state index in [1.807, 2.05) is 60.0 Å². The minimum absolute atomic E-state index is 0.293. The van der Waals surface area contributed by atoms with Crippen LogP contribution in [0.3, 0.4) is 0 Å². The molecule has 0 atom stereocenters. The fourth-order valence-electron chi connectivity index (χ4n) is 2.64. The zero-order valence-electron chi connectivity index (χ0n) is 14.3. The molecular formula is C22H20O3S. The summed E-state index contributed by atoms with van der Waals surface area (Å²) in [5.41, 5.74) is 2.41. The predicted molar refractivity (Wildman–Crippen MR) is 107 cm³/mol. The van der Waals surface area contributed by atoms with E-state index < -0.39 is 5.97 Å². The van der Waals surface area contributed by atoms with E-state index in [4.69, 9.17) is 4.74 Å². The lowest BCUT2D eigenvalue weighted by Crippen LogP contribution is -2.00. The molecule has 0 aliphatic rings. The fraction of sp³-hybridized carbons (Fsp3) is 0.136. The Labute approximate surface area is 157 Å². The van der Waals surface area contributed by atoms with Crippen molar-refractivity contribution >= 4 is 29.0 Å². The van der Waals surface area contributed by atoms with Gasteiger partial charge >= 0.3 is 5.97 Å². The monoisotopic (exact) mass is 364 g/mol. The highest BCUT2D eigenvalue weighted by Gasteiger charge is 2.11. The van der Waals surface area contributed by atoms with Gasteiger partial charge in [0.1, 0.15) is 5.75 Å². The number of hydrogen-bond acceptors (Lipinski definition) is 3. The molecule has 3 rings (SSSR count). The molecule has 0 fully saturated rings. The molecule has 1 heterocycles. The standard InChI is InChI=1S/C22H20O3S/c23-22(24)20(21-12-6-14-26-21)16-18-9-4-11-19(15-18)25-13-5-10-17-7-2-1-3-8-17/h1-4,6-9,11-12,14-16H,5,10,13H2,(H,23,24)/b20-16-. The van der Waals surface area contributed by atoms with E-state index in [1.165, 1.54) is 16.9 Å². The Kier molecular flexibility index (Phi) is 6.23. The number of carboxylic acid groups (broad SMARTS) is 1. The number of thiophene rings is 1. The summed E-state index contributed by atoms with van der Waals surface area (Å²) in [6.07, 6.45) is 3.59. The molecule has 0 saturated heterocycles. The Balaban J connectivity index is 1.62. The van der Waals surface area contributed by atoms with Gasteiger partial charge in [0.15, 0.2) is 0 Å². The number of aryl methyl sites for hydroxylation is 1. The average molecular weight is 364 g/mol. The van der Waals surface area contributed by atoms with Crippen LogP contribution in [0.25, 0.3) is 11.6 Å². The third-order valence-corrected chi connectivity index (χ3v) is 4.81.